The number of non-ortho nitro benzene ring substituents is 1. The van der Waals surface area contributed by atoms with E-state index in [-0.39, 0.29) is 17.8 Å². The van der Waals surface area contributed by atoms with Crippen molar-refractivity contribution in [1.82, 2.24) is 5.32 Å². The van der Waals surface area contributed by atoms with Crippen molar-refractivity contribution >= 4 is 17.4 Å². The Labute approximate surface area is 110 Å². The van der Waals surface area contributed by atoms with Crippen LogP contribution in [-0.4, -0.2) is 23.5 Å². The van der Waals surface area contributed by atoms with Crippen LogP contribution in [0.3, 0.4) is 0 Å². The quantitative estimate of drug-likeness (QED) is 0.552. The average molecular weight is 264 g/mol. The van der Waals surface area contributed by atoms with Gasteiger partial charge in [-0.15, -0.1) is 0 Å². The van der Waals surface area contributed by atoms with Crippen LogP contribution in [0.25, 0.3) is 0 Å². The standard InChI is InChI=1S/C12H16N4O3/c13-7-11(8-4-5-8)15-12(17)14-9-2-1-3-10(6-9)16(18)19/h1-3,6,8,11H,4-5,7,13H2,(H2,14,15,17). The third kappa shape index (κ3) is 3.65. The molecule has 2 amide bonds. The lowest BCUT2D eigenvalue weighted by Gasteiger charge is -2.16. The molecule has 102 valence electrons. The van der Waals surface area contributed by atoms with E-state index in [9.17, 15) is 14.9 Å². The molecule has 4 N–H and O–H groups in total. The number of anilines is 1. The number of nitro benzene ring substituents is 1. The van der Waals surface area contributed by atoms with Crippen LogP contribution in [0.15, 0.2) is 24.3 Å². The maximum atomic E-state index is 11.7. The first kappa shape index (κ1) is 13.3. The van der Waals surface area contributed by atoms with E-state index in [2.05, 4.69) is 10.6 Å². The van der Waals surface area contributed by atoms with E-state index in [0.717, 1.165) is 12.8 Å². The molecule has 1 aromatic rings. The van der Waals surface area contributed by atoms with Crippen molar-refractivity contribution in [2.45, 2.75) is 18.9 Å². The molecular formula is C12H16N4O3. The van der Waals surface area contributed by atoms with Crippen LogP contribution in [-0.2, 0) is 0 Å². The van der Waals surface area contributed by atoms with Gasteiger partial charge < -0.3 is 16.4 Å². The number of nitrogens with two attached hydrogens (primary N) is 1. The van der Waals surface area contributed by atoms with Gasteiger partial charge >= 0.3 is 6.03 Å². The molecule has 0 saturated heterocycles. The van der Waals surface area contributed by atoms with Crippen LogP contribution in [0.5, 0.6) is 0 Å². The molecule has 0 aromatic heterocycles. The van der Waals surface area contributed by atoms with E-state index in [0.29, 0.717) is 18.2 Å². The van der Waals surface area contributed by atoms with Crippen LogP contribution in [0.4, 0.5) is 16.2 Å². The van der Waals surface area contributed by atoms with Crippen molar-refractivity contribution in [3.05, 3.63) is 34.4 Å². The fraction of sp³-hybridized carbons (Fsp3) is 0.417. The van der Waals surface area contributed by atoms with Crippen LogP contribution >= 0.6 is 0 Å². The van der Waals surface area contributed by atoms with E-state index in [1.807, 2.05) is 0 Å². The van der Waals surface area contributed by atoms with Gasteiger partial charge in [-0.2, -0.15) is 0 Å². The lowest BCUT2D eigenvalue weighted by atomic mass is 10.2. The smallest absolute Gasteiger partial charge is 0.319 e. The SMILES string of the molecule is NCC(NC(=O)Nc1cccc([N+](=O)[O-])c1)C1CC1. The first-order chi connectivity index (χ1) is 9.10. The number of hydrogen-bond acceptors (Lipinski definition) is 4. The Balaban J connectivity index is 1.94. The predicted molar refractivity (Wildman–Crippen MR) is 70.8 cm³/mol. The van der Waals surface area contributed by atoms with E-state index >= 15 is 0 Å². The van der Waals surface area contributed by atoms with Crippen molar-refractivity contribution in [3.8, 4) is 0 Å². The number of nitro groups is 1. The molecule has 1 aromatic carbocycles. The Morgan fingerprint density at radius 2 is 2.26 bits per heavy atom. The summed E-state index contributed by atoms with van der Waals surface area (Å²) in [5, 5.41) is 16.0. The topological polar surface area (TPSA) is 110 Å². The molecule has 2 rings (SSSR count). The molecule has 7 heteroatoms. The van der Waals surface area contributed by atoms with Gasteiger partial charge in [0.1, 0.15) is 0 Å². The summed E-state index contributed by atoms with van der Waals surface area (Å²) in [5.74, 6) is 0.459. The summed E-state index contributed by atoms with van der Waals surface area (Å²) in [4.78, 5) is 21.9. The number of carbonyl (C=O) groups is 1. The van der Waals surface area contributed by atoms with E-state index in [4.69, 9.17) is 5.73 Å². The molecule has 1 aliphatic carbocycles. The number of hydrogen-bond donors (Lipinski definition) is 3. The molecule has 0 bridgehead atoms. The second kappa shape index (κ2) is 5.66. The summed E-state index contributed by atoms with van der Waals surface area (Å²) in [7, 11) is 0. The molecule has 19 heavy (non-hydrogen) atoms. The summed E-state index contributed by atoms with van der Waals surface area (Å²) in [6.07, 6.45) is 2.16. The third-order valence-corrected chi connectivity index (χ3v) is 3.08. The molecule has 1 aliphatic rings. The van der Waals surface area contributed by atoms with Gasteiger partial charge in [0.15, 0.2) is 0 Å². The fourth-order valence-electron chi connectivity index (χ4n) is 1.90. The van der Waals surface area contributed by atoms with E-state index in [1.165, 1.54) is 18.2 Å². The molecule has 0 radical (unpaired) electrons. The summed E-state index contributed by atoms with van der Waals surface area (Å²) >= 11 is 0. The second-order valence-corrected chi connectivity index (χ2v) is 4.59. The van der Waals surface area contributed by atoms with Crippen LogP contribution in [0.2, 0.25) is 0 Å². The Morgan fingerprint density at radius 3 is 2.84 bits per heavy atom. The normalized spacial score (nSPS) is 15.6. The maximum absolute atomic E-state index is 11.7. The van der Waals surface area contributed by atoms with Gasteiger partial charge in [-0.05, 0) is 24.8 Å². The molecular weight excluding hydrogens is 248 g/mol. The zero-order valence-electron chi connectivity index (χ0n) is 10.3. The fourth-order valence-corrected chi connectivity index (χ4v) is 1.90. The summed E-state index contributed by atoms with van der Waals surface area (Å²) in [6.45, 7) is 0.396. The predicted octanol–water partition coefficient (Wildman–Crippen LogP) is 1.45. The molecule has 0 aliphatic heterocycles. The molecule has 1 fully saturated rings. The number of nitrogens with zero attached hydrogens (tertiary/aromatic N) is 1. The van der Waals surface area contributed by atoms with Gasteiger partial charge in [0.25, 0.3) is 5.69 Å². The van der Waals surface area contributed by atoms with Gasteiger partial charge in [-0.1, -0.05) is 6.07 Å². The minimum Gasteiger partial charge on any atom is -0.334 e. The highest BCUT2D eigenvalue weighted by molar-refractivity contribution is 5.89. The van der Waals surface area contributed by atoms with Gasteiger partial charge in [0, 0.05) is 30.4 Å². The zero-order valence-corrected chi connectivity index (χ0v) is 10.3. The summed E-state index contributed by atoms with van der Waals surface area (Å²) < 4.78 is 0. The van der Waals surface area contributed by atoms with Crippen molar-refractivity contribution in [2.75, 3.05) is 11.9 Å². The maximum Gasteiger partial charge on any atom is 0.319 e. The minimum absolute atomic E-state index is 0.0290. The highest BCUT2D eigenvalue weighted by Crippen LogP contribution is 2.32. The summed E-state index contributed by atoms with van der Waals surface area (Å²) in [6, 6.07) is 5.39. The van der Waals surface area contributed by atoms with Crippen molar-refractivity contribution in [3.63, 3.8) is 0 Å². The monoisotopic (exact) mass is 264 g/mol. The number of urea groups is 1. The molecule has 1 unspecified atom stereocenters. The van der Waals surface area contributed by atoms with Crippen molar-refractivity contribution in [1.29, 1.82) is 0 Å². The van der Waals surface area contributed by atoms with Crippen molar-refractivity contribution in [2.24, 2.45) is 11.7 Å². The highest BCUT2D eigenvalue weighted by Gasteiger charge is 2.31. The lowest BCUT2D eigenvalue weighted by molar-refractivity contribution is -0.384. The van der Waals surface area contributed by atoms with Crippen LogP contribution < -0.4 is 16.4 Å². The number of carbonyl (C=O) groups excluding carboxylic acids is 1. The van der Waals surface area contributed by atoms with Gasteiger partial charge in [0.2, 0.25) is 0 Å². The lowest BCUT2D eigenvalue weighted by Crippen LogP contribution is -2.43. The van der Waals surface area contributed by atoms with E-state index in [1.54, 1.807) is 6.07 Å². The van der Waals surface area contributed by atoms with Gasteiger partial charge in [0.05, 0.1) is 4.92 Å². The number of rotatable bonds is 5. The first-order valence-corrected chi connectivity index (χ1v) is 6.12. The highest BCUT2D eigenvalue weighted by atomic mass is 16.6. The molecule has 1 saturated carbocycles. The summed E-state index contributed by atoms with van der Waals surface area (Å²) in [5.41, 5.74) is 5.91. The van der Waals surface area contributed by atoms with Crippen LogP contribution in [0.1, 0.15) is 12.8 Å². The molecule has 0 spiro atoms. The Bertz CT molecular complexity index is 488. The van der Waals surface area contributed by atoms with E-state index < -0.39 is 4.92 Å². The molecule has 1 atom stereocenters. The number of nitrogens with one attached hydrogen (secondary N) is 2. The van der Waals surface area contributed by atoms with Gasteiger partial charge in [-0.3, -0.25) is 10.1 Å². The first-order valence-electron chi connectivity index (χ1n) is 6.12. The largest absolute Gasteiger partial charge is 0.334 e. The van der Waals surface area contributed by atoms with Crippen LogP contribution in [0, 0.1) is 16.0 Å². The number of amides is 2. The average Bonchev–Trinajstić information content (AvgIpc) is 3.20. The van der Waals surface area contributed by atoms with Crippen molar-refractivity contribution < 1.29 is 9.72 Å². The molecule has 7 nitrogen and oxygen atoms in total. The Kier molecular flexibility index (Phi) is 3.96. The number of benzene rings is 1. The third-order valence-electron chi connectivity index (χ3n) is 3.08. The van der Waals surface area contributed by atoms with Gasteiger partial charge in [-0.25, -0.2) is 4.79 Å². The molecule has 0 heterocycles. The Hall–Kier alpha value is -2.15. The minimum atomic E-state index is -0.504. The second-order valence-electron chi connectivity index (χ2n) is 4.59. The Morgan fingerprint density at radius 1 is 1.53 bits per heavy atom. The zero-order chi connectivity index (χ0) is 13.8.